The van der Waals surface area contributed by atoms with E-state index in [-0.39, 0.29) is 6.10 Å². The molecule has 1 aromatic carbocycles. The third kappa shape index (κ3) is 3.98. The Morgan fingerprint density at radius 3 is 2.36 bits per heavy atom. The first-order chi connectivity index (χ1) is 12.3. The highest BCUT2D eigenvalue weighted by molar-refractivity contribution is 6.29. The van der Waals surface area contributed by atoms with Gasteiger partial charge in [0.1, 0.15) is 17.1 Å². The molecule has 0 amide bonds. The zero-order valence-corrected chi connectivity index (χ0v) is 14.9. The van der Waals surface area contributed by atoms with Gasteiger partial charge in [-0.25, -0.2) is 4.98 Å². The molecule has 132 valence electrons. The molecule has 2 heterocycles. The second-order valence-electron chi connectivity index (χ2n) is 6.65. The first-order valence-electron chi connectivity index (χ1n) is 8.93. The number of ether oxygens (including phenoxy) is 2. The van der Waals surface area contributed by atoms with Gasteiger partial charge in [-0.15, -0.1) is 0 Å². The Balaban J connectivity index is 1.44. The monoisotopic (exact) mass is 359 g/mol. The van der Waals surface area contributed by atoms with Crippen molar-refractivity contribution in [3.63, 3.8) is 0 Å². The Morgan fingerprint density at radius 1 is 0.960 bits per heavy atom. The summed E-state index contributed by atoms with van der Waals surface area (Å²) in [7, 11) is 0. The van der Waals surface area contributed by atoms with Gasteiger partial charge in [-0.3, -0.25) is 4.98 Å². The predicted molar refractivity (Wildman–Crippen MR) is 97.6 cm³/mol. The minimum absolute atomic E-state index is 0.0978. The smallest absolute Gasteiger partial charge is 0.161 e. The molecule has 0 spiro atoms. The molecule has 2 aliphatic rings. The molecule has 0 radical (unpaired) electrons. The van der Waals surface area contributed by atoms with Crippen molar-refractivity contribution in [2.24, 2.45) is 0 Å². The number of nitrogens with zero attached hydrogens (tertiary/aromatic N) is 3. The Kier molecular flexibility index (Phi) is 4.92. The number of rotatable bonds is 5. The van der Waals surface area contributed by atoms with Crippen LogP contribution in [0.5, 0.6) is 11.5 Å². The number of benzene rings is 1. The molecular weight excluding hydrogens is 338 g/mol. The van der Waals surface area contributed by atoms with Crippen LogP contribution in [0.25, 0.3) is 0 Å². The van der Waals surface area contributed by atoms with Crippen LogP contribution in [0.4, 0.5) is 5.82 Å². The Morgan fingerprint density at radius 2 is 1.68 bits per heavy atom. The van der Waals surface area contributed by atoms with Gasteiger partial charge >= 0.3 is 0 Å². The zero-order valence-electron chi connectivity index (χ0n) is 14.1. The van der Waals surface area contributed by atoms with Gasteiger partial charge < -0.3 is 14.4 Å². The standard InChI is InChI=1S/C19H22ClN3O2/c20-18-11-21-12-19(22-18)23-10-4-7-15(13-23)25-17-9-2-1-8-16(17)24-14-5-3-6-14/h1-2,8-9,11-12,14-15H,3-7,10,13H2/t15-/m1/s1. The number of anilines is 1. The van der Waals surface area contributed by atoms with Gasteiger partial charge in [0.15, 0.2) is 11.5 Å². The minimum atomic E-state index is 0.0978. The van der Waals surface area contributed by atoms with Crippen LogP contribution in [0.15, 0.2) is 36.7 Å². The highest BCUT2D eigenvalue weighted by atomic mass is 35.5. The number of halogens is 1. The molecule has 1 aromatic heterocycles. The number of piperidine rings is 1. The van der Waals surface area contributed by atoms with Crippen LogP contribution in [0.3, 0.4) is 0 Å². The van der Waals surface area contributed by atoms with Crippen LogP contribution < -0.4 is 14.4 Å². The molecule has 0 bridgehead atoms. The molecule has 0 unspecified atom stereocenters. The van der Waals surface area contributed by atoms with Crippen LogP contribution in [-0.2, 0) is 0 Å². The van der Waals surface area contributed by atoms with Crippen LogP contribution in [0, 0.1) is 0 Å². The number of hydrogen-bond acceptors (Lipinski definition) is 5. The van der Waals surface area contributed by atoms with Crippen LogP contribution in [0.2, 0.25) is 5.15 Å². The maximum Gasteiger partial charge on any atom is 0.161 e. The lowest BCUT2D eigenvalue weighted by Gasteiger charge is -2.34. The summed E-state index contributed by atoms with van der Waals surface area (Å²) in [4.78, 5) is 10.7. The molecule has 25 heavy (non-hydrogen) atoms. The van der Waals surface area contributed by atoms with Crippen molar-refractivity contribution in [3.8, 4) is 11.5 Å². The quantitative estimate of drug-likeness (QED) is 0.804. The highest BCUT2D eigenvalue weighted by Gasteiger charge is 2.25. The van der Waals surface area contributed by atoms with Crippen molar-refractivity contribution in [1.82, 2.24) is 9.97 Å². The average molecular weight is 360 g/mol. The molecule has 5 nitrogen and oxygen atoms in total. The van der Waals surface area contributed by atoms with Gasteiger partial charge in [-0.2, -0.15) is 0 Å². The fraction of sp³-hybridized carbons (Fsp3) is 0.474. The topological polar surface area (TPSA) is 47.5 Å². The van der Waals surface area contributed by atoms with E-state index in [4.69, 9.17) is 21.1 Å². The lowest BCUT2D eigenvalue weighted by atomic mass is 9.96. The third-order valence-corrected chi connectivity index (χ3v) is 4.97. The van der Waals surface area contributed by atoms with E-state index in [1.165, 1.54) is 6.42 Å². The van der Waals surface area contributed by atoms with E-state index in [2.05, 4.69) is 14.9 Å². The highest BCUT2D eigenvalue weighted by Crippen LogP contribution is 2.33. The summed E-state index contributed by atoms with van der Waals surface area (Å²) < 4.78 is 12.4. The molecule has 0 N–H and O–H groups in total. The number of aromatic nitrogens is 2. The molecular formula is C19H22ClN3O2. The largest absolute Gasteiger partial charge is 0.487 e. The fourth-order valence-electron chi connectivity index (χ4n) is 3.22. The van der Waals surface area contributed by atoms with Gasteiger partial charge in [0.05, 0.1) is 25.0 Å². The maximum atomic E-state index is 6.29. The number of hydrogen-bond donors (Lipinski definition) is 0. The summed E-state index contributed by atoms with van der Waals surface area (Å²) >= 11 is 5.97. The van der Waals surface area contributed by atoms with E-state index in [9.17, 15) is 0 Å². The first kappa shape index (κ1) is 16.5. The van der Waals surface area contributed by atoms with Crippen molar-refractivity contribution in [2.45, 2.75) is 44.3 Å². The summed E-state index contributed by atoms with van der Waals surface area (Å²) in [5, 5.41) is 0.416. The van der Waals surface area contributed by atoms with E-state index in [0.717, 1.165) is 56.1 Å². The van der Waals surface area contributed by atoms with Crippen LogP contribution in [-0.4, -0.2) is 35.3 Å². The SMILES string of the molecule is Clc1cncc(N2CCC[C@@H](Oc3ccccc3OC3CCC3)C2)n1. The molecule has 1 saturated carbocycles. The Labute approximate surface area is 152 Å². The molecule has 4 rings (SSSR count). The average Bonchev–Trinajstić information content (AvgIpc) is 2.60. The summed E-state index contributed by atoms with van der Waals surface area (Å²) in [5.74, 6) is 2.49. The minimum Gasteiger partial charge on any atom is -0.487 e. The fourth-order valence-corrected chi connectivity index (χ4v) is 3.36. The lowest BCUT2D eigenvalue weighted by molar-refractivity contribution is 0.106. The summed E-state index contributed by atoms with van der Waals surface area (Å²) in [6, 6.07) is 7.98. The first-order valence-corrected chi connectivity index (χ1v) is 9.30. The van der Waals surface area contributed by atoms with E-state index < -0.39 is 0 Å². The van der Waals surface area contributed by atoms with Crippen molar-refractivity contribution in [1.29, 1.82) is 0 Å². The normalized spacial score (nSPS) is 20.8. The second kappa shape index (κ2) is 7.48. The van der Waals surface area contributed by atoms with Gasteiger partial charge in [-0.05, 0) is 44.2 Å². The lowest BCUT2D eigenvalue weighted by Crippen LogP contribution is -2.41. The Hall–Kier alpha value is -2.01. The van der Waals surface area contributed by atoms with Gasteiger partial charge in [0.2, 0.25) is 0 Å². The van der Waals surface area contributed by atoms with Crippen LogP contribution >= 0.6 is 11.6 Å². The van der Waals surface area contributed by atoms with Gasteiger partial charge in [-0.1, -0.05) is 23.7 Å². The zero-order chi connectivity index (χ0) is 17.1. The van der Waals surface area contributed by atoms with Crippen molar-refractivity contribution >= 4 is 17.4 Å². The maximum absolute atomic E-state index is 6.29. The van der Waals surface area contributed by atoms with Crippen molar-refractivity contribution in [2.75, 3.05) is 18.0 Å². The molecule has 1 atom stereocenters. The van der Waals surface area contributed by atoms with E-state index in [1.807, 2.05) is 24.3 Å². The van der Waals surface area contributed by atoms with Crippen LogP contribution in [0.1, 0.15) is 32.1 Å². The van der Waals surface area contributed by atoms with E-state index >= 15 is 0 Å². The van der Waals surface area contributed by atoms with Crippen molar-refractivity contribution < 1.29 is 9.47 Å². The summed E-state index contributed by atoms with van der Waals surface area (Å²) in [6.07, 6.45) is 9.34. The molecule has 2 fully saturated rings. The summed E-state index contributed by atoms with van der Waals surface area (Å²) in [5.41, 5.74) is 0. The molecule has 1 saturated heterocycles. The number of para-hydroxylation sites is 2. The third-order valence-electron chi connectivity index (χ3n) is 4.78. The second-order valence-corrected chi connectivity index (χ2v) is 7.03. The predicted octanol–water partition coefficient (Wildman–Crippen LogP) is 4.11. The van der Waals surface area contributed by atoms with Gasteiger partial charge in [0.25, 0.3) is 0 Å². The van der Waals surface area contributed by atoms with E-state index in [0.29, 0.717) is 11.3 Å². The molecule has 2 aromatic rings. The molecule has 6 heteroatoms. The molecule has 1 aliphatic heterocycles. The van der Waals surface area contributed by atoms with Crippen molar-refractivity contribution in [3.05, 3.63) is 41.8 Å². The van der Waals surface area contributed by atoms with E-state index in [1.54, 1.807) is 12.4 Å². The molecule has 1 aliphatic carbocycles. The Bertz CT molecular complexity index is 723. The van der Waals surface area contributed by atoms with Gasteiger partial charge in [0, 0.05) is 6.54 Å². The summed E-state index contributed by atoms with van der Waals surface area (Å²) in [6.45, 7) is 1.71.